The highest BCUT2D eigenvalue weighted by Crippen LogP contribution is 2.24. The van der Waals surface area contributed by atoms with Gasteiger partial charge in [0.05, 0.1) is 11.4 Å². The van der Waals surface area contributed by atoms with Gasteiger partial charge in [-0.05, 0) is 33.3 Å². The van der Waals surface area contributed by atoms with E-state index in [0.29, 0.717) is 35.4 Å². The van der Waals surface area contributed by atoms with E-state index in [0.717, 1.165) is 5.69 Å². The molecule has 2 aromatic rings. The van der Waals surface area contributed by atoms with Crippen LogP contribution in [0.1, 0.15) is 30.8 Å². The average molecular weight is 344 g/mol. The Bertz CT molecular complexity index is 664. The SMILES string of the molecule is Cc1ccn(C(C)C(=O)NCCCn2nc(C)c(Cl)c2Cl)n1. The summed E-state index contributed by atoms with van der Waals surface area (Å²) < 4.78 is 3.30. The van der Waals surface area contributed by atoms with Crippen LogP contribution in [0.5, 0.6) is 0 Å². The number of aromatic nitrogens is 4. The minimum Gasteiger partial charge on any atom is -0.354 e. The van der Waals surface area contributed by atoms with Crippen LogP contribution in [0, 0.1) is 13.8 Å². The first-order valence-electron chi connectivity index (χ1n) is 7.08. The number of rotatable bonds is 6. The monoisotopic (exact) mass is 343 g/mol. The summed E-state index contributed by atoms with van der Waals surface area (Å²) in [5, 5.41) is 12.3. The lowest BCUT2D eigenvalue weighted by molar-refractivity contribution is -0.124. The quantitative estimate of drug-likeness (QED) is 0.820. The fourth-order valence-corrected chi connectivity index (χ4v) is 2.43. The Morgan fingerprint density at radius 1 is 1.36 bits per heavy atom. The largest absolute Gasteiger partial charge is 0.354 e. The Kier molecular flexibility index (Phi) is 5.47. The molecular weight excluding hydrogens is 325 g/mol. The summed E-state index contributed by atoms with van der Waals surface area (Å²) in [5.74, 6) is -0.0659. The molecule has 0 aromatic carbocycles. The molecule has 1 N–H and O–H groups in total. The predicted molar refractivity (Wildman–Crippen MR) is 86.3 cm³/mol. The summed E-state index contributed by atoms with van der Waals surface area (Å²) >= 11 is 12.0. The van der Waals surface area contributed by atoms with Crippen molar-refractivity contribution in [2.45, 2.75) is 39.8 Å². The fraction of sp³-hybridized carbons (Fsp3) is 0.500. The topological polar surface area (TPSA) is 64.7 Å². The molecule has 0 bridgehead atoms. The Labute approximate surface area is 139 Å². The normalized spacial score (nSPS) is 12.4. The molecule has 2 heterocycles. The third kappa shape index (κ3) is 3.81. The van der Waals surface area contributed by atoms with Crippen molar-refractivity contribution in [3.05, 3.63) is 33.8 Å². The van der Waals surface area contributed by atoms with E-state index in [1.165, 1.54) is 0 Å². The highest BCUT2D eigenvalue weighted by atomic mass is 35.5. The number of hydrogen-bond donors (Lipinski definition) is 1. The number of amides is 1. The van der Waals surface area contributed by atoms with E-state index in [9.17, 15) is 4.79 Å². The van der Waals surface area contributed by atoms with Crippen molar-refractivity contribution in [2.75, 3.05) is 6.54 Å². The molecule has 6 nitrogen and oxygen atoms in total. The molecule has 0 fully saturated rings. The fourth-order valence-electron chi connectivity index (χ4n) is 2.04. The van der Waals surface area contributed by atoms with Gasteiger partial charge in [0, 0.05) is 19.3 Å². The summed E-state index contributed by atoms with van der Waals surface area (Å²) in [5.41, 5.74) is 1.60. The summed E-state index contributed by atoms with van der Waals surface area (Å²) in [7, 11) is 0. The van der Waals surface area contributed by atoms with Crippen LogP contribution < -0.4 is 5.32 Å². The lowest BCUT2D eigenvalue weighted by atomic mass is 10.3. The van der Waals surface area contributed by atoms with Gasteiger partial charge in [0.25, 0.3) is 0 Å². The van der Waals surface area contributed by atoms with Crippen LogP contribution in [0.25, 0.3) is 0 Å². The smallest absolute Gasteiger partial charge is 0.244 e. The van der Waals surface area contributed by atoms with Gasteiger partial charge >= 0.3 is 0 Å². The Balaban J connectivity index is 1.78. The van der Waals surface area contributed by atoms with Gasteiger partial charge in [0.2, 0.25) is 5.91 Å². The van der Waals surface area contributed by atoms with Crippen LogP contribution in [-0.4, -0.2) is 32.0 Å². The third-order valence-corrected chi connectivity index (χ3v) is 4.29. The van der Waals surface area contributed by atoms with Crippen LogP contribution >= 0.6 is 23.2 Å². The molecule has 0 spiro atoms. The molecular formula is C14H19Cl2N5O. The number of halogens is 2. The summed E-state index contributed by atoms with van der Waals surface area (Å²) in [6.07, 6.45) is 2.52. The van der Waals surface area contributed by atoms with Gasteiger partial charge in [0.15, 0.2) is 0 Å². The van der Waals surface area contributed by atoms with Crippen molar-refractivity contribution in [3.8, 4) is 0 Å². The second-order valence-electron chi connectivity index (χ2n) is 5.17. The molecule has 1 unspecified atom stereocenters. The van der Waals surface area contributed by atoms with Crippen LogP contribution in [0.3, 0.4) is 0 Å². The van der Waals surface area contributed by atoms with E-state index in [2.05, 4.69) is 15.5 Å². The van der Waals surface area contributed by atoms with Crippen LogP contribution in [0.4, 0.5) is 0 Å². The van der Waals surface area contributed by atoms with E-state index >= 15 is 0 Å². The molecule has 0 aliphatic heterocycles. The van der Waals surface area contributed by atoms with E-state index in [1.807, 2.05) is 19.9 Å². The highest BCUT2D eigenvalue weighted by Gasteiger charge is 2.15. The van der Waals surface area contributed by atoms with Crippen molar-refractivity contribution in [2.24, 2.45) is 0 Å². The zero-order valence-electron chi connectivity index (χ0n) is 12.8. The van der Waals surface area contributed by atoms with E-state index in [1.54, 1.807) is 22.5 Å². The average Bonchev–Trinajstić information content (AvgIpc) is 3.02. The maximum Gasteiger partial charge on any atom is 0.244 e. The molecule has 0 aliphatic rings. The standard InChI is InChI=1S/C14H19Cl2N5O/c1-9-5-8-20(18-9)11(3)14(22)17-6-4-7-21-13(16)12(15)10(2)19-21/h5,8,11H,4,6-7H2,1-3H3,(H,17,22). The van der Waals surface area contributed by atoms with Crippen molar-refractivity contribution < 1.29 is 4.79 Å². The highest BCUT2D eigenvalue weighted by molar-refractivity contribution is 6.41. The van der Waals surface area contributed by atoms with Crippen LogP contribution in [-0.2, 0) is 11.3 Å². The van der Waals surface area contributed by atoms with Crippen molar-refractivity contribution in [3.63, 3.8) is 0 Å². The molecule has 8 heteroatoms. The number of nitrogens with zero attached hydrogens (tertiary/aromatic N) is 4. The van der Waals surface area contributed by atoms with E-state index < -0.39 is 0 Å². The maximum atomic E-state index is 12.0. The Morgan fingerprint density at radius 2 is 2.09 bits per heavy atom. The molecule has 2 aromatic heterocycles. The summed E-state index contributed by atoms with van der Waals surface area (Å²) in [4.78, 5) is 12.0. The van der Waals surface area contributed by atoms with Crippen molar-refractivity contribution in [1.82, 2.24) is 24.9 Å². The van der Waals surface area contributed by atoms with Gasteiger partial charge < -0.3 is 5.32 Å². The Morgan fingerprint density at radius 3 is 2.64 bits per heavy atom. The van der Waals surface area contributed by atoms with Crippen LogP contribution in [0.2, 0.25) is 10.2 Å². The first-order valence-corrected chi connectivity index (χ1v) is 7.83. The molecule has 0 radical (unpaired) electrons. The molecule has 1 atom stereocenters. The molecule has 22 heavy (non-hydrogen) atoms. The molecule has 0 saturated carbocycles. The number of hydrogen-bond acceptors (Lipinski definition) is 3. The third-order valence-electron chi connectivity index (χ3n) is 3.36. The van der Waals surface area contributed by atoms with Crippen molar-refractivity contribution >= 4 is 29.1 Å². The van der Waals surface area contributed by atoms with Gasteiger partial charge in [-0.2, -0.15) is 10.2 Å². The molecule has 1 amide bonds. The zero-order valence-corrected chi connectivity index (χ0v) is 14.3. The van der Waals surface area contributed by atoms with Gasteiger partial charge in [-0.25, -0.2) is 0 Å². The van der Waals surface area contributed by atoms with E-state index in [4.69, 9.17) is 23.2 Å². The number of carbonyl (C=O) groups is 1. The molecule has 0 aliphatic carbocycles. The first kappa shape index (κ1) is 16.8. The maximum absolute atomic E-state index is 12.0. The minimum absolute atomic E-state index is 0.0659. The lowest BCUT2D eigenvalue weighted by Gasteiger charge is -2.12. The number of carbonyl (C=O) groups excluding carboxylic acids is 1. The summed E-state index contributed by atoms with van der Waals surface area (Å²) in [6, 6.07) is 1.54. The van der Waals surface area contributed by atoms with Gasteiger partial charge in [-0.3, -0.25) is 14.2 Å². The molecule has 120 valence electrons. The molecule has 2 rings (SSSR count). The predicted octanol–water partition coefficient (Wildman–Crippen LogP) is 2.77. The second kappa shape index (κ2) is 7.15. The second-order valence-corrected chi connectivity index (χ2v) is 5.91. The van der Waals surface area contributed by atoms with Crippen LogP contribution in [0.15, 0.2) is 12.3 Å². The van der Waals surface area contributed by atoms with Gasteiger partial charge in [-0.15, -0.1) is 0 Å². The van der Waals surface area contributed by atoms with Gasteiger partial charge in [-0.1, -0.05) is 23.2 Å². The number of nitrogens with one attached hydrogen (secondary N) is 1. The lowest BCUT2D eigenvalue weighted by Crippen LogP contribution is -2.32. The molecule has 0 saturated heterocycles. The number of aryl methyl sites for hydroxylation is 3. The Hall–Kier alpha value is -1.53. The zero-order chi connectivity index (χ0) is 16.3. The summed E-state index contributed by atoms with van der Waals surface area (Å²) in [6.45, 7) is 6.65. The minimum atomic E-state index is -0.335. The van der Waals surface area contributed by atoms with Crippen molar-refractivity contribution in [1.29, 1.82) is 0 Å². The van der Waals surface area contributed by atoms with Gasteiger partial charge in [0.1, 0.15) is 16.2 Å². The van der Waals surface area contributed by atoms with E-state index in [-0.39, 0.29) is 11.9 Å². The first-order chi connectivity index (χ1) is 10.4.